The van der Waals surface area contributed by atoms with E-state index in [1.165, 1.54) is 4.90 Å². The third kappa shape index (κ3) is 6.23. The molecule has 0 saturated carbocycles. The highest BCUT2D eigenvalue weighted by atomic mass is 16.5. The van der Waals surface area contributed by atoms with E-state index in [1.54, 1.807) is 43.5 Å². The first-order valence-corrected chi connectivity index (χ1v) is 12.8. The van der Waals surface area contributed by atoms with Gasteiger partial charge in [-0.25, -0.2) is 0 Å². The standard InChI is InChI=1S/C31H34N2O6/c1-5-38-26-19-23(13-16-25(26)39-20-21-9-7-6-8-10-21)28-27(29(34)22-11-14-24(37-4)15-12-22)30(35)31(36)33(28)18-17-32(2)3/h6-16,19,28,34H,5,17-18,20H2,1-4H3. The van der Waals surface area contributed by atoms with Gasteiger partial charge in [-0.1, -0.05) is 36.4 Å². The first-order valence-electron chi connectivity index (χ1n) is 12.8. The van der Waals surface area contributed by atoms with Gasteiger partial charge in [0.2, 0.25) is 0 Å². The fourth-order valence-electron chi connectivity index (χ4n) is 4.49. The van der Waals surface area contributed by atoms with E-state index in [4.69, 9.17) is 14.2 Å². The molecule has 1 heterocycles. The number of hydrogen-bond donors (Lipinski definition) is 1. The van der Waals surface area contributed by atoms with Crippen LogP contribution in [0.25, 0.3) is 5.76 Å². The molecule has 3 aromatic carbocycles. The molecule has 1 unspecified atom stereocenters. The summed E-state index contributed by atoms with van der Waals surface area (Å²) in [5.74, 6) is 0.0323. The molecule has 0 aliphatic carbocycles. The molecule has 1 amide bonds. The monoisotopic (exact) mass is 530 g/mol. The predicted molar refractivity (Wildman–Crippen MR) is 149 cm³/mol. The Kier molecular flexibility index (Phi) is 8.88. The average molecular weight is 531 g/mol. The van der Waals surface area contributed by atoms with Gasteiger partial charge in [-0.05, 0) is 68.5 Å². The zero-order chi connectivity index (χ0) is 27.9. The number of carbonyl (C=O) groups excluding carboxylic acids is 2. The number of Topliss-reactive ketones (excluding diaryl/α,β-unsaturated/α-hetero) is 1. The number of likely N-dealkylation sites (N-methyl/N-ethyl adjacent to an activating group) is 1. The summed E-state index contributed by atoms with van der Waals surface area (Å²) in [6, 6.07) is 21.1. The summed E-state index contributed by atoms with van der Waals surface area (Å²) in [6.07, 6.45) is 0. The number of hydrogen-bond acceptors (Lipinski definition) is 7. The Balaban J connectivity index is 1.76. The summed E-state index contributed by atoms with van der Waals surface area (Å²) in [5, 5.41) is 11.3. The van der Waals surface area contributed by atoms with Crippen LogP contribution < -0.4 is 14.2 Å². The van der Waals surface area contributed by atoms with E-state index in [9.17, 15) is 14.7 Å². The van der Waals surface area contributed by atoms with Gasteiger partial charge in [0.15, 0.2) is 11.5 Å². The van der Waals surface area contributed by atoms with Gasteiger partial charge in [-0.2, -0.15) is 0 Å². The number of methoxy groups -OCH3 is 1. The number of rotatable bonds is 11. The number of amides is 1. The number of likely N-dealkylation sites (tertiary alicyclic amines) is 1. The highest BCUT2D eigenvalue weighted by molar-refractivity contribution is 6.46. The third-order valence-electron chi connectivity index (χ3n) is 6.51. The lowest BCUT2D eigenvalue weighted by Gasteiger charge is -2.27. The van der Waals surface area contributed by atoms with Crippen molar-refractivity contribution in [3.8, 4) is 17.2 Å². The zero-order valence-corrected chi connectivity index (χ0v) is 22.7. The van der Waals surface area contributed by atoms with Crippen LogP contribution >= 0.6 is 0 Å². The van der Waals surface area contributed by atoms with Crippen LogP contribution in [0.1, 0.15) is 29.7 Å². The van der Waals surface area contributed by atoms with Gasteiger partial charge < -0.3 is 29.1 Å². The predicted octanol–water partition coefficient (Wildman–Crippen LogP) is 4.66. The van der Waals surface area contributed by atoms with Gasteiger partial charge in [0.1, 0.15) is 18.1 Å². The van der Waals surface area contributed by atoms with Crippen molar-refractivity contribution in [3.05, 3.63) is 95.1 Å². The fourth-order valence-corrected chi connectivity index (χ4v) is 4.49. The summed E-state index contributed by atoms with van der Waals surface area (Å²) in [4.78, 5) is 30.0. The first kappa shape index (κ1) is 27.7. The molecular formula is C31H34N2O6. The van der Waals surface area contributed by atoms with Gasteiger partial charge in [-0.3, -0.25) is 9.59 Å². The van der Waals surface area contributed by atoms with Crippen molar-refractivity contribution in [2.45, 2.75) is 19.6 Å². The van der Waals surface area contributed by atoms with Crippen LogP contribution in [-0.2, 0) is 16.2 Å². The van der Waals surface area contributed by atoms with Crippen molar-refractivity contribution in [3.63, 3.8) is 0 Å². The van der Waals surface area contributed by atoms with Crippen molar-refractivity contribution in [1.29, 1.82) is 0 Å². The maximum atomic E-state index is 13.3. The minimum absolute atomic E-state index is 0.0318. The van der Waals surface area contributed by atoms with E-state index in [2.05, 4.69) is 0 Å². The van der Waals surface area contributed by atoms with E-state index in [-0.39, 0.29) is 11.3 Å². The maximum Gasteiger partial charge on any atom is 0.295 e. The van der Waals surface area contributed by atoms with Crippen LogP contribution in [0.5, 0.6) is 17.2 Å². The smallest absolute Gasteiger partial charge is 0.295 e. The second-order valence-electron chi connectivity index (χ2n) is 9.44. The van der Waals surface area contributed by atoms with Crippen molar-refractivity contribution >= 4 is 17.4 Å². The Morgan fingerprint density at radius 1 is 0.949 bits per heavy atom. The molecule has 8 nitrogen and oxygen atoms in total. The number of nitrogens with zero attached hydrogens (tertiary/aromatic N) is 2. The number of ketones is 1. The lowest BCUT2D eigenvalue weighted by atomic mass is 9.95. The van der Waals surface area contributed by atoms with E-state index in [0.717, 1.165) is 5.56 Å². The minimum Gasteiger partial charge on any atom is -0.507 e. The summed E-state index contributed by atoms with van der Waals surface area (Å²) in [7, 11) is 5.35. The van der Waals surface area contributed by atoms with Crippen molar-refractivity contribution in [1.82, 2.24) is 9.80 Å². The van der Waals surface area contributed by atoms with Gasteiger partial charge in [0, 0.05) is 18.7 Å². The number of aliphatic hydroxyl groups excluding tert-OH is 1. The molecule has 0 aromatic heterocycles. The van der Waals surface area contributed by atoms with Crippen molar-refractivity contribution < 1.29 is 28.9 Å². The molecule has 1 aliphatic heterocycles. The summed E-state index contributed by atoms with van der Waals surface area (Å²) >= 11 is 0. The number of carbonyl (C=O) groups is 2. The molecule has 1 aliphatic rings. The van der Waals surface area contributed by atoms with Crippen LogP contribution in [0.15, 0.2) is 78.4 Å². The Morgan fingerprint density at radius 2 is 1.67 bits per heavy atom. The Morgan fingerprint density at radius 3 is 2.31 bits per heavy atom. The highest BCUT2D eigenvalue weighted by Gasteiger charge is 2.46. The molecule has 39 heavy (non-hydrogen) atoms. The minimum atomic E-state index is -0.797. The summed E-state index contributed by atoms with van der Waals surface area (Å²) in [6.45, 7) is 3.48. The lowest BCUT2D eigenvalue weighted by Crippen LogP contribution is -2.35. The van der Waals surface area contributed by atoms with Gasteiger partial charge >= 0.3 is 0 Å². The highest BCUT2D eigenvalue weighted by Crippen LogP contribution is 2.42. The quantitative estimate of drug-likeness (QED) is 0.219. The van der Waals surface area contributed by atoms with E-state index >= 15 is 0 Å². The second kappa shape index (κ2) is 12.5. The molecule has 1 fully saturated rings. The van der Waals surface area contributed by atoms with E-state index < -0.39 is 17.7 Å². The molecule has 1 saturated heterocycles. The molecule has 1 N–H and O–H groups in total. The summed E-state index contributed by atoms with van der Waals surface area (Å²) in [5.41, 5.74) is 2.10. The van der Waals surface area contributed by atoms with Crippen LogP contribution in [0.3, 0.4) is 0 Å². The molecule has 3 aromatic rings. The number of ether oxygens (including phenoxy) is 3. The molecule has 1 atom stereocenters. The lowest BCUT2D eigenvalue weighted by molar-refractivity contribution is -0.140. The third-order valence-corrected chi connectivity index (χ3v) is 6.51. The van der Waals surface area contributed by atoms with E-state index in [0.29, 0.717) is 54.7 Å². The number of aliphatic hydroxyl groups is 1. The molecule has 4 rings (SSSR count). The van der Waals surface area contributed by atoms with Crippen LogP contribution in [0, 0.1) is 0 Å². The SMILES string of the molecule is CCOc1cc(C2C(=C(O)c3ccc(OC)cc3)C(=O)C(=O)N2CCN(C)C)ccc1OCc1ccccc1. The second-order valence-corrected chi connectivity index (χ2v) is 9.44. The Labute approximate surface area is 229 Å². The Bertz CT molecular complexity index is 1330. The molecule has 0 spiro atoms. The van der Waals surface area contributed by atoms with E-state index in [1.807, 2.05) is 62.3 Å². The molecule has 204 valence electrons. The van der Waals surface area contributed by atoms with Gasteiger partial charge in [0.05, 0.1) is 25.3 Å². The summed E-state index contributed by atoms with van der Waals surface area (Å²) < 4.78 is 17.2. The van der Waals surface area contributed by atoms with Crippen molar-refractivity contribution in [2.24, 2.45) is 0 Å². The molecule has 0 bridgehead atoms. The van der Waals surface area contributed by atoms with Crippen molar-refractivity contribution in [2.75, 3.05) is 40.9 Å². The Hall–Kier alpha value is -4.30. The zero-order valence-electron chi connectivity index (χ0n) is 22.7. The molecular weight excluding hydrogens is 496 g/mol. The van der Waals surface area contributed by atoms with Crippen LogP contribution in [0.4, 0.5) is 0 Å². The number of benzene rings is 3. The van der Waals surface area contributed by atoms with Crippen LogP contribution in [-0.4, -0.2) is 67.5 Å². The molecule has 0 radical (unpaired) electrons. The average Bonchev–Trinajstić information content (AvgIpc) is 3.20. The largest absolute Gasteiger partial charge is 0.507 e. The van der Waals surface area contributed by atoms with Gasteiger partial charge in [-0.15, -0.1) is 0 Å². The first-order chi connectivity index (χ1) is 18.8. The normalized spacial score (nSPS) is 16.5. The maximum absolute atomic E-state index is 13.3. The van der Waals surface area contributed by atoms with Gasteiger partial charge in [0.25, 0.3) is 11.7 Å². The molecule has 8 heteroatoms. The topological polar surface area (TPSA) is 88.5 Å². The van der Waals surface area contributed by atoms with Crippen LogP contribution in [0.2, 0.25) is 0 Å². The fraction of sp³-hybridized carbons (Fsp3) is 0.290.